The number of nitrogens with zero attached hydrogens (tertiary/aromatic N) is 1. The number of rotatable bonds is 3. The number of aliphatic hydroxyl groups is 1. The van der Waals surface area contributed by atoms with Crippen molar-refractivity contribution in [2.45, 2.75) is 26.6 Å². The molecule has 0 saturated heterocycles. The lowest BCUT2D eigenvalue weighted by Gasteiger charge is -2.22. The molecule has 0 aliphatic rings. The minimum atomic E-state index is -1.12. The molecule has 1 amide bonds. The lowest BCUT2D eigenvalue weighted by Crippen LogP contribution is -2.36. The second-order valence-electron chi connectivity index (χ2n) is 3.47. The van der Waals surface area contributed by atoms with Crippen molar-refractivity contribution in [2.24, 2.45) is 0 Å². The molecule has 0 radical (unpaired) electrons. The van der Waals surface area contributed by atoms with Gasteiger partial charge in [-0.2, -0.15) is 0 Å². The van der Waals surface area contributed by atoms with E-state index >= 15 is 0 Å². The first-order chi connectivity index (χ1) is 7.02. The summed E-state index contributed by atoms with van der Waals surface area (Å²) in [6, 6.07) is 7.52. The van der Waals surface area contributed by atoms with Gasteiger partial charge in [0.05, 0.1) is 6.54 Å². The summed E-state index contributed by atoms with van der Waals surface area (Å²) >= 11 is 0. The SMILES string of the molecule is Cc1ccccc1CN(C(=O)O)C(C)O. The van der Waals surface area contributed by atoms with E-state index in [4.69, 9.17) is 5.11 Å². The van der Waals surface area contributed by atoms with Crippen molar-refractivity contribution < 1.29 is 15.0 Å². The number of carbonyl (C=O) groups is 1. The zero-order chi connectivity index (χ0) is 11.4. The summed E-state index contributed by atoms with van der Waals surface area (Å²) in [5, 5.41) is 18.1. The fourth-order valence-corrected chi connectivity index (χ4v) is 1.33. The molecule has 0 spiro atoms. The summed E-state index contributed by atoms with van der Waals surface area (Å²) in [7, 11) is 0. The molecule has 1 aromatic rings. The average Bonchev–Trinajstić information content (AvgIpc) is 2.15. The molecule has 82 valence electrons. The highest BCUT2D eigenvalue weighted by atomic mass is 16.4. The van der Waals surface area contributed by atoms with Gasteiger partial charge in [-0.25, -0.2) is 4.79 Å². The van der Waals surface area contributed by atoms with Crippen LogP contribution < -0.4 is 0 Å². The second kappa shape index (κ2) is 4.79. The van der Waals surface area contributed by atoms with Crippen molar-refractivity contribution in [2.75, 3.05) is 0 Å². The molecule has 2 N–H and O–H groups in total. The van der Waals surface area contributed by atoms with E-state index in [2.05, 4.69) is 0 Å². The quantitative estimate of drug-likeness (QED) is 0.746. The van der Waals surface area contributed by atoms with Gasteiger partial charge in [0.15, 0.2) is 0 Å². The molecule has 0 heterocycles. The first-order valence-electron chi connectivity index (χ1n) is 4.74. The largest absolute Gasteiger partial charge is 0.465 e. The molecular formula is C11H15NO3. The maximum absolute atomic E-state index is 10.8. The first-order valence-corrected chi connectivity index (χ1v) is 4.74. The van der Waals surface area contributed by atoms with Crippen molar-refractivity contribution in [3.05, 3.63) is 35.4 Å². The van der Waals surface area contributed by atoms with Gasteiger partial charge in [-0.15, -0.1) is 0 Å². The molecule has 0 fully saturated rings. The third kappa shape index (κ3) is 2.95. The maximum atomic E-state index is 10.8. The van der Waals surface area contributed by atoms with Crippen LogP contribution >= 0.6 is 0 Å². The monoisotopic (exact) mass is 209 g/mol. The van der Waals surface area contributed by atoms with Gasteiger partial charge in [0.25, 0.3) is 0 Å². The van der Waals surface area contributed by atoms with Gasteiger partial charge in [-0.3, -0.25) is 4.90 Å². The Kier molecular flexibility index (Phi) is 3.68. The molecular weight excluding hydrogens is 194 g/mol. The van der Waals surface area contributed by atoms with Crippen LogP contribution in [0, 0.1) is 6.92 Å². The molecule has 4 nitrogen and oxygen atoms in total. The molecule has 1 aromatic carbocycles. The van der Waals surface area contributed by atoms with E-state index in [1.54, 1.807) is 0 Å². The maximum Gasteiger partial charge on any atom is 0.409 e. The van der Waals surface area contributed by atoms with Crippen LogP contribution in [0.15, 0.2) is 24.3 Å². The number of hydrogen-bond acceptors (Lipinski definition) is 2. The van der Waals surface area contributed by atoms with Gasteiger partial charge in [0.1, 0.15) is 6.23 Å². The summed E-state index contributed by atoms with van der Waals surface area (Å²) in [4.78, 5) is 11.8. The van der Waals surface area contributed by atoms with E-state index in [0.29, 0.717) is 0 Å². The Morgan fingerprint density at radius 3 is 2.53 bits per heavy atom. The van der Waals surface area contributed by atoms with Crippen LogP contribution in [0.1, 0.15) is 18.1 Å². The molecule has 1 rings (SSSR count). The summed E-state index contributed by atoms with van der Waals surface area (Å²) in [6.07, 6.45) is -2.12. The van der Waals surface area contributed by atoms with E-state index in [-0.39, 0.29) is 6.54 Å². The number of carboxylic acid groups (broad SMARTS) is 1. The number of amides is 1. The van der Waals surface area contributed by atoms with Crippen LogP contribution in [0.4, 0.5) is 4.79 Å². The number of benzene rings is 1. The van der Waals surface area contributed by atoms with Crippen molar-refractivity contribution in [3.63, 3.8) is 0 Å². The highest BCUT2D eigenvalue weighted by Crippen LogP contribution is 2.11. The lowest BCUT2D eigenvalue weighted by molar-refractivity contribution is 0.0202. The summed E-state index contributed by atoms with van der Waals surface area (Å²) < 4.78 is 0. The molecule has 0 aliphatic carbocycles. The smallest absolute Gasteiger partial charge is 0.409 e. The van der Waals surface area contributed by atoms with E-state index < -0.39 is 12.3 Å². The van der Waals surface area contributed by atoms with Crippen LogP contribution in [0.3, 0.4) is 0 Å². The summed E-state index contributed by atoms with van der Waals surface area (Å²) in [6.45, 7) is 3.56. The molecule has 0 aromatic heterocycles. The van der Waals surface area contributed by atoms with E-state index in [0.717, 1.165) is 16.0 Å². The molecule has 0 bridgehead atoms. The Morgan fingerprint density at radius 2 is 2.07 bits per heavy atom. The topological polar surface area (TPSA) is 60.8 Å². The Bertz CT molecular complexity index is 349. The van der Waals surface area contributed by atoms with Gasteiger partial charge in [0.2, 0.25) is 0 Å². The zero-order valence-electron chi connectivity index (χ0n) is 8.84. The molecule has 0 saturated carbocycles. The standard InChI is InChI=1S/C11H15NO3/c1-8-5-3-4-6-10(8)7-12(9(2)13)11(14)15/h3-6,9,13H,7H2,1-2H3,(H,14,15). The van der Waals surface area contributed by atoms with Crippen LogP contribution in [-0.4, -0.2) is 27.4 Å². The molecule has 15 heavy (non-hydrogen) atoms. The molecule has 4 heteroatoms. The van der Waals surface area contributed by atoms with Crippen LogP contribution in [0.5, 0.6) is 0 Å². The summed E-state index contributed by atoms with van der Waals surface area (Å²) in [5.74, 6) is 0. The van der Waals surface area contributed by atoms with Crippen molar-refractivity contribution in [1.82, 2.24) is 4.90 Å². The highest BCUT2D eigenvalue weighted by molar-refractivity contribution is 5.65. The van der Waals surface area contributed by atoms with E-state index in [1.165, 1.54) is 6.92 Å². The molecule has 1 unspecified atom stereocenters. The van der Waals surface area contributed by atoms with Crippen molar-refractivity contribution in [3.8, 4) is 0 Å². The fraction of sp³-hybridized carbons (Fsp3) is 0.364. The van der Waals surface area contributed by atoms with Crippen LogP contribution in [0.2, 0.25) is 0 Å². The lowest BCUT2D eigenvalue weighted by atomic mass is 10.1. The number of aryl methyl sites for hydroxylation is 1. The fourth-order valence-electron chi connectivity index (χ4n) is 1.33. The second-order valence-corrected chi connectivity index (χ2v) is 3.47. The normalized spacial score (nSPS) is 12.2. The minimum absolute atomic E-state index is 0.208. The van der Waals surface area contributed by atoms with E-state index in [9.17, 15) is 9.90 Å². The third-order valence-electron chi connectivity index (χ3n) is 2.30. The molecule has 1 atom stereocenters. The Hall–Kier alpha value is -1.55. The van der Waals surface area contributed by atoms with E-state index in [1.807, 2.05) is 31.2 Å². The predicted molar refractivity (Wildman–Crippen MR) is 56.4 cm³/mol. The predicted octanol–water partition coefficient (Wildman–Crippen LogP) is 1.81. The Labute approximate surface area is 88.8 Å². The van der Waals surface area contributed by atoms with Gasteiger partial charge in [-0.05, 0) is 25.0 Å². The third-order valence-corrected chi connectivity index (χ3v) is 2.30. The van der Waals surface area contributed by atoms with Gasteiger partial charge < -0.3 is 10.2 Å². The minimum Gasteiger partial charge on any atom is -0.465 e. The Balaban J connectivity index is 2.84. The van der Waals surface area contributed by atoms with Crippen LogP contribution in [0.25, 0.3) is 0 Å². The van der Waals surface area contributed by atoms with Gasteiger partial charge in [-0.1, -0.05) is 24.3 Å². The summed E-state index contributed by atoms with van der Waals surface area (Å²) in [5.41, 5.74) is 1.92. The van der Waals surface area contributed by atoms with Crippen molar-refractivity contribution in [1.29, 1.82) is 0 Å². The average molecular weight is 209 g/mol. The molecule has 0 aliphatic heterocycles. The van der Waals surface area contributed by atoms with Crippen molar-refractivity contribution >= 4 is 6.09 Å². The number of hydrogen-bond donors (Lipinski definition) is 2. The zero-order valence-corrected chi connectivity index (χ0v) is 8.84. The number of aliphatic hydroxyl groups excluding tert-OH is 1. The Morgan fingerprint density at radius 1 is 1.47 bits per heavy atom. The van der Waals surface area contributed by atoms with Gasteiger partial charge >= 0.3 is 6.09 Å². The first kappa shape index (κ1) is 11.5. The van der Waals surface area contributed by atoms with Crippen LogP contribution in [-0.2, 0) is 6.54 Å². The van der Waals surface area contributed by atoms with Gasteiger partial charge in [0, 0.05) is 0 Å². The highest BCUT2D eigenvalue weighted by Gasteiger charge is 2.17.